The SMILES string of the molecule is Cc1cnn(CCCNC(=O)[C@@H]2CCCN(C(=O)N(C)C)C2)c1. The Kier molecular flexibility index (Phi) is 6.01. The second kappa shape index (κ2) is 7.99. The third-order valence-corrected chi connectivity index (χ3v) is 4.07. The van der Waals surface area contributed by atoms with Crippen molar-refractivity contribution in [3.8, 4) is 0 Å². The Morgan fingerprint density at radius 1 is 1.43 bits per heavy atom. The highest BCUT2D eigenvalue weighted by atomic mass is 16.2. The molecule has 23 heavy (non-hydrogen) atoms. The highest BCUT2D eigenvalue weighted by Crippen LogP contribution is 2.17. The first-order valence-corrected chi connectivity index (χ1v) is 8.20. The summed E-state index contributed by atoms with van der Waals surface area (Å²) in [4.78, 5) is 27.6. The van der Waals surface area contributed by atoms with Crippen LogP contribution in [-0.2, 0) is 11.3 Å². The Bertz CT molecular complexity index is 540. The smallest absolute Gasteiger partial charge is 0.319 e. The molecule has 1 aromatic rings. The molecule has 0 aromatic carbocycles. The Balaban J connectivity index is 1.71. The van der Waals surface area contributed by atoms with Gasteiger partial charge in [-0.1, -0.05) is 0 Å². The molecule has 1 atom stereocenters. The standard InChI is InChI=1S/C16H27N5O2/c1-13-10-18-21(11-13)9-5-7-17-15(22)14-6-4-8-20(12-14)16(23)19(2)3/h10-11,14H,4-9,12H2,1-3H3,(H,17,22)/t14-/m1/s1. The van der Waals surface area contributed by atoms with E-state index in [0.717, 1.165) is 37.9 Å². The third kappa shape index (κ3) is 4.97. The molecule has 0 spiro atoms. The summed E-state index contributed by atoms with van der Waals surface area (Å²) in [6, 6.07) is -0.0171. The fraction of sp³-hybridized carbons (Fsp3) is 0.688. The number of carbonyl (C=O) groups excluding carboxylic acids is 2. The van der Waals surface area contributed by atoms with Gasteiger partial charge in [-0.3, -0.25) is 9.48 Å². The monoisotopic (exact) mass is 321 g/mol. The quantitative estimate of drug-likeness (QED) is 0.825. The van der Waals surface area contributed by atoms with Crippen molar-refractivity contribution in [2.24, 2.45) is 5.92 Å². The van der Waals surface area contributed by atoms with Gasteiger partial charge in [-0.05, 0) is 31.7 Å². The first kappa shape index (κ1) is 17.3. The fourth-order valence-corrected chi connectivity index (χ4v) is 2.83. The number of hydrogen-bond acceptors (Lipinski definition) is 3. The topological polar surface area (TPSA) is 70.5 Å². The van der Waals surface area contributed by atoms with Crippen molar-refractivity contribution in [2.75, 3.05) is 33.7 Å². The van der Waals surface area contributed by atoms with E-state index in [-0.39, 0.29) is 17.9 Å². The lowest BCUT2D eigenvalue weighted by atomic mass is 9.97. The largest absolute Gasteiger partial charge is 0.356 e. The average Bonchev–Trinajstić information content (AvgIpc) is 2.96. The number of piperidine rings is 1. The van der Waals surface area contributed by atoms with Crippen molar-refractivity contribution in [3.63, 3.8) is 0 Å². The minimum atomic E-state index is -0.0976. The fourth-order valence-electron chi connectivity index (χ4n) is 2.83. The van der Waals surface area contributed by atoms with Crippen LogP contribution in [0.2, 0.25) is 0 Å². The van der Waals surface area contributed by atoms with Gasteiger partial charge in [0.05, 0.1) is 12.1 Å². The molecule has 1 saturated heterocycles. The van der Waals surface area contributed by atoms with Crippen molar-refractivity contribution < 1.29 is 9.59 Å². The van der Waals surface area contributed by atoms with Crippen LogP contribution in [0.5, 0.6) is 0 Å². The number of urea groups is 1. The zero-order chi connectivity index (χ0) is 16.8. The maximum Gasteiger partial charge on any atom is 0.319 e. The Morgan fingerprint density at radius 3 is 2.87 bits per heavy atom. The van der Waals surface area contributed by atoms with Gasteiger partial charge in [0.15, 0.2) is 0 Å². The van der Waals surface area contributed by atoms with Gasteiger partial charge in [0.1, 0.15) is 0 Å². The maximum atomic E-state index is 12.3. The Labute approximate surface area is 137 Å². The number of nitrogens with zero attached hydrogens (tertiary/aromatic N) is 4. The second-order valence-corrected chi connectivity index (χ2v) is 6.39. The summed E-state index contributed by atoms with van der Waals surface area (Å²) < 4.78 is 1.89. The van der Waals surface area contributed by atoms with E-state index in [4.69, 9.17) is 0 Å². The molecule has 2 heterocycles. The maximum absolute atomic E-state index is 12.3. The molecule has 7 nitrogen and oxygen atoms in total. The average molecular weight is 321 g/mol. The second-order valence-electron chi connectivity index (χ2n) is 6.39. The summed E-state index contributed by atoms with van der Waals surface area (Å²) >= 11 is 0. The van der Waals surface area contributed by atoms with Crippen molar-refractivity contribution in [2.45, 2.75) is 32.7 Å². The van der Waals surface area contributed by atoms with E-state index in [2.05, 4.69) is 10.4 Å². The number of hydrogen-bond donors (Lipinski definition) is 1. The molecule has 3 amide bonds. The lowest BCUT2D eigenvalue weighted by Gasteiger charge is -2.33. The van der Waals surface area contributed by atoms with Gasteiger partial charge in [-0.2, -0.15) is 5.10 Å². The molecule has 2 rings (SSSR count). The van der Waals surface area contributed by atoms with E-state index in [0.29, 0.717) is 13.1 Å². The van der Waals surface area contributed by atoms with E-state index in [1.54, 1.807) is 23.9 Å². The molecule has 0 aliphatic carbocycles. The first-order valence-electron chi connectivity index (χ1n) is 8.20. The molecule has 1 aromatic heterocycles. The van der Waals surface area contributed by atoms with Gasteiger partial charge in [-0.15, -0.1) is 0 Å². The number of aromatic nitrogens is 2. The number of nitrogens with one attached hydrogen (secondary N) is 1. The molecule has 0 radical (unpaired) electrons. The normalized spacial score (nSPS) is 17.9. The summed E-state index contributed by atoms with van der Waals surface area (Å²) in [7, 11) is 3.48. The van der Waals surface area contributed by atoms with Crippen LogP contribution in [0.1, 0.15) is 24.8 Å². The molecular weight excluding hydrogens is 294 g/mol. The van der Waals surface area contributed by atoms with Crippen molar-refractivity contribution in [1.82, 2.24) is 24.9 Å². The van der Waals surface area contributed by atoms with Crippen molar-refractivity contribution in [1.29, 1.82) is 0 Å². The van der Waals surface area contributed by atoms with Crippen LogP contribution >= 0.6 is 0 Å². The number of aryl methyl sites for hydroxylation is 2. The molecule has 1 aliphatic rings. The van der Waals surface area contributed by atoms with Crippen LogP contribution in [0.3, 0.4) is 0 Å². The van der Waals surface area contributed by atoms with Crippen LogP contribution < -0.4 is 5.32 Å². The van der Waals surface area contributed by atoms with Crippen LogP contribution in [0.25, 0.3) is 0 Å². The molecule has 1 aliphatic heterocycles. The molecular formula is C16H27N5O2. The molecule has 7 heteroatoms. The molecule has 1 fully saturated rings. The molecule has 0 bridgehead atoms. The Hall–Kier alpha value is -2.05. The lowest BCUT2D eigenvalue weighted by Crippen LogP contribution is -2.48. The molecule has 128 valence electrons. The van der Waals surface area contributed by atoms with Crippen LogP contribution in [0.4, 0.5) is 4.79 Å². The predicted octanol–water partition coefficient (Wildman–Crippen LogP) is 1.09. The molecule has 0 unspecified atom stereocenters. The van der Waals surface area contributed by atoms with Gasteiger partial charge < -0.3 is 15.1 Å². The Morgan fingerprint density at radius 2 is 2.22 bits per heavy atom. The van der Waals surface area contributed by atoms with Crippen molar-refractivity contribution >= 4 is 11.9 Å². The summed E-state index contributed by atoms with van der Waals surface area (Å²) in [6.07, 6.45) is 6.40. The minimum Gasteiger partial charge on any atom is -0.356 e. The first-order chi connectivity index (χ1) is 11.0. The van der Waals surface area contributed by atoms with Crippen LogP contribution in [0.15, 0.2) is 12.4 Å². The van der Waals surface area contributed by atoms with Gasteiger partial charge in [0, 0.05) is 46.5 Å². The highest BCUT2D eigenvalue weighted by Gasteiger charge is 2.28. The van der Waals surface area contributed by atoms with E-state index in [9.17, 15) is 9.59 Å². The van der Waals surface area contributed by atoms with E-state index < -0.39 is 0 Å². The molecule has 1 N–H and O–H groups in total. The van der Waals surface area contributed by atoms with Crippen LogP contribution in [-0.4, -0.2) is 65.2 Å². The zero-order valence-electron chi connectivity index (χ0n) is 14.3. The number of rotatable bonds is 5. The summed E-state index contributed by atoms with van der Waals surface area (Å²) in [6.45, 7) is 4.69. The van der Waals surface area contributed by atoms with Gasteiger partial charge in [-0.25, -0.2) is 4.79 Å². The molecule has 0 saturated carbocycles. The van der Waals surface area contributed by atoms with Crippen LogP contribution in [0, 0.1) is 12.8 Å². The third-order valence-electron chi connectivity index (χ3n) is 4.07. The summed E-state index contributed by atoms with van der Waals surface area (Å²) in [5.74, 6) is -0.0440. The van der Waals surface area contributed by atoms with E-state index in [1.807, 2.05) is 24.0 Å². The van der Waals surface area contributed by atoms with Gasteiger partial charge in [0.25, 0.3) is 0 Å². The summed E-state index contributed by atoms with van der Waals surface area (Å²) in [5.41, 5.74) is 1.14. The zero-order valence-corrected chi connectivity index (χ0v) is 14.3. The number of carbonyl (C=O) groups is 2. The van der Waals surface area contributed by atoms with Crippen molar-refractivity contribution in [3.05, 3.63) is 18.0 Å². The minimum absolute atomic E-state index is 0.0171. The number of amides is 3. The van der Waals surface area contributed by atoms with Gasteiger partial charge >= 0.3 is 6.03 Å². The van der Waals surface area contributed by atoms with E-state index >= 15 is 0 Å². The number of likely N-dealkylation sites (tertiary alicyclic amines) is 1. The lowest BCUT2D eigenvalue weighted by molar-refractivity contribution is -0.126. The summed E-state index contributed by atoms with van der Waals surface area (Å²) in [5, 5.41) is 7.21. The highest BCUT2D eigenvalue weighted by molar-refractivity contribution is 5.80. The van der Waals surface area contributed by atoms with E-state index in [1.165, 1.54) is 0 Å². The predicted molar refractivity (Wildman–Crippen MR) is 88.0 cm³/mol. The van der Waals surface area contributed by atoms with Gasteiger partial charge in [0.2, 0.25) is 5.91 Å².